The van der Waals surface area contributed by atoms with Gasteiger partial charge in [-0.3, -0.25) is 4.79 Å². The number of nitrogens with zero attached hydrogens (tertiary/aromatic N) is 1. The van der Waals surface area contributed by atoms with E-state index in [0.717, 1.165) is 44.7 Å². The molecule has 1 aromatic carbocycles. The van der Waals surface area contributed by atoms with Crippen molar-refractivity contribution in [1.82, 2.24) is 4.90 Å². The molecule has 0 radical (unpaired) electrons. The first-order valence-corrected chi connectivity index (χ1v) is 7.49. The first-order valence-electron chi connectivity index (χ1n) is 7.49. The van der Waals surface area contributed by atoms with Gasteiger partial charge in [-0.15, -0.1) is 0 Å². The van der Waals surface area contributed by atoms with E-state index in [1.165, 1.54) is 0 Å². The van der Waals surface area contributed by atoms with Crippen molar-refractivity contribution in [3.8, 4) is 0 Å². The van der Waals surface area contributed by atoms with Crippen LogP contribution >= 0.6 is 0 Å². The molecule has 1 saturated carbocycles. The predicted octanol–water partition coefficient (Wildman–Crippen LogP) is 2.13. The lowest BCUT2D eigenvalue weighted by molar-refractivity contribution is -0.130. The van der Waals surface area contributed by atoms with Gasteiger partial charge in [0.2, 0.25) is 5.91 Å². The van der Waals surface area contributed by atoms with Crippen molar-refractivity contribution in [2.75, 3.05) is 31.6 Å². The predicted molar refractivity (Wildman–Crippen MR) is 78.6 cm³/mol. The van der Waals surface area contributed by atoms with Crippen LogP contribution in [0.15, 0.2) is 30.3 Å². The number of benzene rings is 1. The fourth-order valence-electron chi connectivity index (χ4n) is 2.68. The van der Waals surface area contributed by atoms with E-state index in [-0.39, 0.29) is 5.91 Å². The number of nitrogens with one attached hydrogen (secondary N) is 1. The number of ether oxygens (including phenoxy) is 1. The minimum absolute atomic E-state index is 0.211. The van der Waals surface area contributed by atoms with Gasteiger partial charge >= 0.3 is 0 Å². The summed E-state index contributed by atoms with van der Waals surface area (Å²) in [6.45, 7) is 2.90. The maximum atomic E-state index is 12.4. The fourth-order valence-corrected chi connectivity index (χ4v) is 2.68. The number of carbonyl (C=O) groups excluding carboxylic acids is 1. The topological polar surface area (TPSA) is 41.6 Å². The standard InChI is InChI=1S/C16H22N2O2/c19-16(10-17-14-4-2-1-3-5-14)18(15-6-7-15)11-13-8-9-20-12-13/h1-5,13,15,17H,6-12H2. The number of rotatable bonds is 6. The highest BCUT2D eigenvalue weighted by Gasteiger charge is 2.34. The van der Waals surface area contributed by atoms with E-state index in [1.807, 2.05) is 30.3 Å². The van der Waals surface area contributed by atoms with Crippen molar-refractivity contribution in [1.29, 1.82) is 0 Å². The molecule has 2 aliphatic rings. The van der Waals surface area contributed by atoms with E-state index in [9.17, 15) is 4.79 Å². The normalized spacial score (nSPS) is 21.7. The Morgan fingerprint density at radius 3 is 2.70 bits per heavy atom. The molecule has 1 N–H and O–H groups in total. The first-order chi connectivity index (χ1) is 9.83. The number of hydrogen-bond acceptors (Lipinski definition) is 3. The first kappa shape index (κ1) is 13.4. The molecular formula is C16H22N2O2. The summed E-state index contributed by atoms with van der Waals surface area (Å²) in [6.07, 6.45) is 3.40. The molecule has 3 rings (SSSR count). The van der Waals surface area contributed by atoms with Gasteiger partial charge in [-0.25, -0.2) is 0 Å². The minimum atomic E-state index is 0.211. The molecule has 4 nitrogen and oxygen atoms in total. The second-order valence-electron chi connectivity index (χ2n) is 5.73. The summed E-state index contributed by atoms with van der Waals surface area (Å²) in [6, 6.07) is 10.4. The minimum Gasteiger partial charge on any atom is -0.381 e. The molecule has 1 aliphatic carbocycles. The van der Waals surface area contributed by atoms with E-state index in [1.54, 1.807) is 0 Å². The molecule has 1 aliphatic heterocycles. The van der Waals surface area contributed by atoms with Gasteiger partial charge in [0.15, 0.2) is 0 Å². The molecular weight excluding hydrogens is 252 g/mol. The highest BCUT2D eigenvalue weighted by molar-refractivity contribution is 5.81. The van der Waals surface area contributed by atoms with Crippen molar-refractivity contribution >= 4 is 11.6 Å². The Balaban J connectivity index is 1.52. The van der Waals surface area contributed by atoms with Gasteiger partial charge < -0.3 is 15.0 Å². The summed E-state index contributed by atoms with van der Waals surface area (Å²) < 4.78 is 5.41. The van der Waals surface area contributed by atoms with Crippen molar-refractivity contribution in [2.24, 2.45) is 5.92 Å². The Bertz CT molecular complexity index is 439. The zero-order chi connectivity index (χ0) is 13.8. The van der Waals surface area contributed by atoms with E-state index in [2.05, 4.69) is 10.2 Å². The number of anilines is 1. The van der Waals surface area contributed by atoms with Crippen LogP contribution in [0.25, 0.3) is 0 Å². The molecule has 2 fully saturated rings. The molecule has 1 aromatic rings. The van der Waals surface area contributed by atoms with Crippen LogP contribution in [-0.2, 0) is 9.53 Å². The number of carbonyl (C=O) groups is 1. The summed E-state index contributed by atoms with van der Waals surface area (Å²) >= 11 is 0. The Hall–Kier alpha value is -1.55. The Morgan fingerprint density at radius 1 is 1.25 bits per heavy atom. The summed E-state index contributed by atoms with van der Waals surface area (Å²) in [5.41, 5.74) is 1.00. The summed E-state index contributed by atoms with van der Waals surface area (Å²) in [5.74, 6) is 0.736. The van der Waals surface area contributed by atoms with Crippen molar-refractivity contribution < 1.29 is 9.53 Å². The van der Waals surface area contributed by atoms with E-state index in [0.29, 0.717) is 18.5 Å². The Morgan fingerprint density at radius 2 is 2.05 bits per heavy atom. The van der Waals surface area contributed by atoms with E-state index in [4.69, 9.17) is 4.74 Å². The fraction of sp³-hybridized carbons (Fsp3) is 0.562. The second kappa shape index (κ2) is 6.27. The van der Waals surface area contributed by atoms with Crippen molar-refractivity contribution in [2.45, 2.75) is 25.3 Å². The maximum absolute atomic E-state index is 12.4. The zero-order valence-corrected chi connectivity index (χ0v) is 11.8. The van der Waals surface area contributed by atoms with E-state index >= 15 is 0 Å². The highest BCUT2D eigenvalue weighted by atomic mass is 16.5. The quantitative estimate of drug-likeness (QED) is 0.864. The van der Waals surface area contributed by atoms with Gasteiger partial charge in [-0.2, -0.15) is 0 Å². The third kappa shape index (κ3) is 3.51. The molecule has 1 atom stereocenters. The number of hydrogen-bond donors (Lipinski definition) is 1. The van der Waals surface area contributed by atoms with Crippen LogP contribution < -0.4 is 5.32 Å². The van der Waals surface area contributed by atoms with Crippen molar-refractivity contribution in [3.63, 3.8) is 0 Å². The van der Waals surface area contributed by atoms with Gasteiger partial charge in [0.25, 0.3) is 0 Å². The molecule has 0 aromatic heterocycles. The van der Waals surface area contributed by atoms with Gasteiger partial charge in [0.1, 0.15) is 0 Å². The SMILES string of the molecule is O=C(CNc1ccccc1)N(CC1CCOC1)C1CC1. The van der Waals surface area contributed by atoms with Gasteiger partial charge in [-0.05, 0) is 31.4 Å². The summed E-state index contributed by atoms with van der Waals surface area (Å²) in [5, 5.41) is 3.21. The molecule has 0 spiro atoms. The molecule has 108 valence electrons. The average Bonchev–Trinajstić information content (AvgIpc) is 3.20. The molecule has 1 amide bonds. The van der Waals surface area contributed by atoms with Crippen LogP contribution in [0.2, 0.25) is 0 Å². The molecule has 20 heavy (non-hydrogen) atoms. The maximum Gasteiger partial charge on any atom is 0.242 e. The largest absolute Gasteiger partial charge is 0.381 e. The Labute approximate surface area is 120 Å². The molecule has 4 heteroatoms. The van der Waals surface area contributed by atoms with Crippen LogP contribution in [0.5, 0.6) is 0 Å². The second-order valence-corrected chi connectivity index (χ2v) is 5.73. The lowest BCUT2D eigenvalue weighted by Crippen LogP contribution is -2.40. The lowest BCUT2D eigenvalue weighted by atomic mass is 10.1. The molecule has 1 heterocycles. The van der Waals surface area contributed by atoms with Crippen molar-refractivity contribution in [3.05, 3.63) is 30.3 Å². The average molecular weight is 274 g/mol. The molecule has 1 unspecified atom stereocenters. The van der Waals surface area contributed by atoms with Crippen LogP contribution in [0.1, 0.15) is 19.3 Å². The molecule has 1 saturated heterocycles. The number of amides is 1. The van der Waals surface area contributed by atoms with Gasteiger partial charge in [0.05, 0.1) is 13.2 Å². The highest BCUT2D eigenvalue weighted by Crippen LogP contribution is 2.29. The van der Waals surface area contributed by atoms with Crippen LogP contribution in [-0.4, -0.2) is 43.2 Å². The summed E-state index contributed by atoms with van der Waals surface area (Å²) in [7, 11) is 0. The smallest absolute Gasteiger partial charge is 0.242 e. The van der Waals surface area contributed by atoms with Crippen LogP contribution in [0.3, 0.4) is 0 Å². The van der Waals surface area contributed by atoms with Gasteiger partial charge in [-0.1, -0.05) is 18.2 Å². The third-order valence-corrected chi connectivity index (χ3v) is 4.00. The lowest BCUT2D eigenvalue weighted by Gasteiger charge is -2.25. The zero-order valence-electron chi connectivity index (χ0n) is 11.8. The third-order valence-electron chi connectivity index (χ3n) is 4.00. The summed E-state index contributed by atoms with van der Waals surface area (Å²) in [4.78, 5) is 14.5. The van der Waals surface area contributed by atoms with E-state index < -0.39 is 0 Å². The Kier molecular flexibility index (Phi) is 4.21. The number of para-hydroxylation sites is 1. The van der Waals surface area contributed by atoms with Crippen LogP contribution in [0, 0.1) is 5.92 Å². The molecule has 0 bridgehead atoms. The monoisotopic (exact) mass is 274 g/mol. The van der Waals surface area contributed by atoms with Crippen LogP contribution in [0.4, 0.5) is 5.69 Å². The van der Waals surface area contributed by atoms with Gasteiger partial charge in [0, 0.05) is 30.8 Å².